The van der Waals surface area contributed by atoms with Crippen molar-refractivity contribution in [3.8, 4) is 0 Å². The summed E-state index contributed by atoms with van der Waals surface area (Å²) in [5, 5.41) is 11.9. The van der Waals surface area contributed by atoms with Crippen LogP contribution in [0.5, 0.6) is 0 Å². The quantitative estimate of drug-likeness (QED) is 0.236. The summed E-state index contributed by atoms with van der Waals surface area (Å²) < 4.78 is 0. The van der Waals surface area contributed by atoms with Gasteiger partial charge in [0.1, 0.15) is 22.8 Å². The van der Waals surface area contributed by atoms with Crippen molar-refractivity contribution >= 4 is 51.8 Å². The highest BCUT2D eigenvalue weighted by molar-refractivity contribution is 7.09. The summed E-state index contributed by atoms with van der Waals surface area (Å²) in [5.41, 5.74) is 3.98. The summed E-state index contributed by atoms with van der Waals surface area (Å²) in [6.07, 6.45) is 2.56. The molecule has 2 aromatic carbocycles. The van der Waals surface area contributed by atoms with Gasteiger partial charge < -0.3 is 30.7 Å². The second-order valence-electron chi connectivity index (χ2n) is 14.4. The Balaban J connectivity index is 1.45. The Labute approximate surface area is 314 Å². The number of nitrogens with one attached hydrogen (secondary N) is 4. The van der Waals surface area contributed by atoms with Gasteiger partial charge in [-0.25, -0.2) is 4.98 Å². The Morgan fingerprint density at radius 3 is 2.38 bits per heavy atom. The van der Waals surface area contributed by atoms with E-state index in [4.69, 9.17) is 0 Å². The normalized spacial score (nSPS) is 20.7. The number of hydrogen-bond acceptors (Lipinski definition) is 8. The first-order chi connectivity index (χ1) is 25.3. The van der Waals surface area contributed by atoms with Crippen molar-refractivity contribution in [3.05, 3.63) is 87.5 Å². The first-order valence-corrected chi connectivity index (χ1v) is 18.8. The number of carbonyl (C=O) groups excluding carboxylic acids is 5. The minimum atomic E-state index is -1.03. The van der Waals surface area contributed by atoms with Crippen LogP contribution >= 0.6 is 11.3 Å². The van der Waals surface area contributed by atoms with Gasteiger partial charge in [-0.2, -0.15) is 0 Å². The van der Waals surface area contributed by atoms with Crippen molar-refractivity contribution < 1.29 is 24.0 Å². The second kappa shape index (κ2) is 17.6. The monoisotopic (exact) mass is 742 g/mol. The Morgan fingerprint density at radius 2 is 1.62 bits per heavy atom. The average Bonchev–Trinajstić information content (AvgIpc) is 3.77. The molecule has 3 heterocycles. The number of nitrogens with zero attached hydrogens (tertiary/aromatic N) is 4. The molecule has 282 valence electrons. The zero-order valence-corrected chi connectivity index (χ0v) is 32.1. The number of aryl methyl sites for hydroxylation is 1. The predicted molar refractivity (Wildman–Crippen MR) is 205 cm³/mol. The molecule has 4 N–H and O–H groups in total. The Hall–Kier alpha value is -5.08. The van der Waals surface area contributed by atoms with E-state index in [1.54, 1.807) is 19.4 Å². The number of benzene rings is 2. The maximum atomic E-state index is 13.9. The van der Waals surface area contributed by atoms with Crippen molar-refractivity contribution in [3.63, 3.8) is 0 Å². The van der Waals surface area contributed by atoms with Crippen molar-refractivity contribution in [2.24, 2.45) is 5.92 Å². The lowest BCUT2D eigenvalue weighted by Gasteiger charge is -2.28. The molecule has 53 heavy (non-hydrogen) atoms. The lowest BCUT2D eigenvalue weighted by Crippen LogP contribution is -2.53. The maximum Gasteiger partial charge on any atom is 0.271 e. The SMILES string of the molecule is Cc1cccc(CN2CCN(C)C(=O)[C@H](C)NC(=O)CN(C)C(=O)[C@@H](Cc3c[nH]c4ccccc34)NC(=O)c3csc(n3)[C@H](CC(C)C)NC(=O)C2)c1. The van der Waals surface area contributed by atoms with Gasteiger partial charge in [-0.15, -0.1) is 11.3 Å². The minimum absolute atomic E-state index is 0.0690. The van der Waals surface area contributed by atoms with Crippen LogP contribution in [0.1, 0.15) is 65.4 Å². The molecule has 2 bridgehead atoms. The predicted octanol–water partition coefficient (Wildman–Crippen LogP) is 3.41. The summed E-state index contributed by atoms with van der Waals surface area (Å²) >= 11 is 1.28. The van der Waals surface area contributed by atoms with E-state index >= 15 is 0 Å². The van der Waals surface area contributed by atoms with E-state index in [1.807, 2.05) is 60.5 Å². The number of fused-ring (bicyclic) bond motifs is 3. The molecular weight excluding hydrogens is 693 g/mol. The van der Waals surface area contributed by atoms with Gasteiger partial charge in [0, 0.05) is 62.6 Å². The largest absolute Gasteiger partial charge is 0.361 e. The Bertz CT molecular complexity index is 1940. The summed E-state index contributed by atoms with van der Waals surface area (Å²) in [4.78, 5) is 80.6. The number of H-pyrrole nitrogens is 1. The fraction of sp³-hybridized carbons (Fsp3) is 0.436. The fourth-order valence-corrected chi connectivity index (χ4v) is 7.43. The molecule has 0 fully saturated rings. The summed E-state index contributed by atoms with van der Waals surface area (Å²) in [6.45, 7) is 8.67. The summed E-state index contributed by atoms with van der Waals surface area (Å²) in [6, 6.07) is 13.4. The molecule has 0 saturated carbocycles. The average molecular weight is 743 g/mol. The smallest absolute Gasteiger partial charge is 0.271 e. The third-order valence-electron chi connectivity index (χ3n) is 9.29. The number of likely N-dealkylation sites (N-methyl/N-ethyl adjacent to an activating group) is 2. The molecule has 4 aromatic rings. The van der Waals surface area contributed by atoms with E-state index in [0.29, 0.717) is 31.1 Å². The van der Waals surface area contributed by atoms with Crippen LogP contribution in [0.2, 0.25) is 0 Å². The standard InChI is InChI=1S/C39H50N8O5S/c1-24(2)16-31-37-44-33(23-53-37)36(50)43-32(18-28-19-40-30-13-8-7-12-29(28)30)39(52)46(6)21-34(48)41-26(4)38(51)45(5)14-15-47(22-35(49)42-31)20-27-11-9-10-25(3)17-27/h7-13,17,19,23-24,26,31-32,40H,14-16,18,20-22H2,1-6H3,(H,41,48)(H,42,49)(H,43,50)/t26-,31-,32+/m0/s1. The van der Waals surface area contributed by atoms with Crippen LogP contribution in [0.25, 0.3) is 10.9 Å². The first-order valence-electron chi connectivity index (χ1n) is 17.9. The molecule has 5 amide bonds. The molecule has 2 aromatic heterocycles. The molecule has 5 rings (SSSR count). The molecule has 13 nitrogen and oxygen atoms in total. The van der Waals surface area contributed by atoms with Crippen LogP contribution < -0.4 is 16.0 Å². The highest BCUT2D eigenvalue weighted by atomic mass is 32.1. The molecule has 0 spiro atoms. The summed E-state index contributed by atoms with van der Waals surface area (Å²) in [5.74, 6) is -1.84. The van der Waals surface area contributed by atoms with Crippen LogP contribution in [0.15, 0.2) is 60.1 Å². The molecule has 1 aliphatic heterocycles. The van der Waals surface area contributed by atoms with Crippen LogP contribution in [-0.2, 0) is 32.1 Å². The molecule has 1 aliphatic rings. The number of carbonyl (C=O) groups is 5. The van der Waals surface area contributed by atoms with Gasteiger partial charge in [0.05, 0.1) is 19.1 Å². The van der Waals surface area contributed by atoms with Crippen molar-refractivity contribution in [1.82, 2.24) is 40.6 Å². The number of hydrogen-bond donors (Lipinski definition) is 4. The topological polar surface area (TPSA) is 160 Å². The highest BCUT2D eigenvalue weighted by Crippen LogP contribution is 2.25. The number of aromatic amines is 1. The second-order valence-corrected chi connectivity index (χ2v) is 15.2. The van der Waals surface area contributed by atoms with E-state index in [0.717, 1.165) is 27.6 Å². The molecule has 0 radical (unpaired) electrons. The molecule has 0 saturated heterocycles. The number of amides is 5. The number of rotatable bonds is 6. The maximum absolute atomic E-state index is 13.9. The Kier molecular flexibility index (Phi) is 13.0. The van der Waals surface area contributed by atoms with Crippen LogP contribution in [0.3, 0.4) is 0 Å². The van der Waals surface area contributed by atoms with Gasteiger partial charge in [-0.05, 0) is 43.4 Å². The Morgan fingerprint density at radius 1 is 0.868 bits per heavy atom. The lowest BCUT2D eigenvalue weighted by atomic mass is 10.0. The number of para-hydroxylation sites is 1. The highest BCUT2D eigenvalue weighted by Gasteiger charge is 2.30. The number of thiazole rings is 1. The molecule has 14 heteroatoms. The van der Waals surface area contributed by atoms with Crippen LogP contribution in [0, 0.1) is 12.8 Å². The lowest BCUT2D eigenvalue weighted by molar-refractivity contribution is -0.138. The minimum Gasteiger partial charge on any atom is -0.361 e. The van der Waals surface area contributed by atoms with E-state index in [1.165, 1.54) is 28.2 Å². The molecular formula is C39H50N8O5S. The van der Waals surface area contributed by atoms with Gasteiger partial charge in [0.15, 0.2) is 0 Å². The van der Waals surface area contributed by atoms with Crippen LogP contribution in [0.4, 0.5) is 0 Å². The molecule has 0 aliphatic carbocycles. The van der Waals surface area contributed by atoms with Crippen molar-refractivity contribution in [2.75, 3.05) is 40.3 Å². The molecule has 0 unspecified atom stereocenters. The van der Waals surface area contributed by atoms with Gasteiger partial charge >= 0.3 is 0 Å². The van der Waals surface area contributed by atoms with Crippen LogP contribution in [-0.4, -0.2) is 107 Å². The van der Waals surface area contributed by atoms with E-state index in [2.05, 4.69) is 45.8 Å². The summed E-state index contributed by atoms with van der Waals surface area (Å²) in [7, 11) is 3.16. The van der Waals surface area contributed by atoms with Gasteiger partial charge in [-0.1, -0.05) is 61.9 Å². The molecule has 3 atom stereocenters. The van der Waals surface area contributed by atoms with E-state index in [9.17, 15) is 24.0 Å². The number of aromatic nitrogens is 2. The van der Waals surface area contributed by atoms with Crippen molar-refractivity contribution in [2.45, 2.75) is 65.2 Å². The third kappa shape index (κ3) is 10.5. The zero-order chi connectivity index (χ0) is 38.2. The van der Waals surface area contributed by atoms with Crippen molar-refractivity contribution in [1.29, 1.82) is 0 Å². The third-order valence-corrected chi connectivity index (χ3v) is 10.2. The van der Waals surface area contributed by atoms with Gasteiger partial charge in [-0.3, -0.25) is 28.9 Å². The fourth-order valence-electron chi connectivity index (χ4n) is 6.56. The van der Waals surface area contributed by atoms with E-state index < -0.39 is 35.8 Å². The zero-order valence-electron chi connectivity index (χ0n) is 31.3. The van der Waals surface area contributed by atoms with E-state index in [-0.39, 0.29) is 42.9 Å². The first kappa shape index (κ1) is 39.1. The van der Waals surface area contributed by atoms with Gasteiger partial charge in [0.2, 0.25) is 23.6 Å². The van der Waals surface area contributed by atoms with Gasteiger partial charge in [0.25, 0.3) is 5.91 Å².